The lowest BCUT2D eigenvalue weighted by Gasteiger charge is -2.28. The quantitative estimate of drug-likeness (QED) is 0.523. The molecule has 0 heterocycles. The predicted octanol–water partition coefficient (Wildman–Crippen LogP) is 0.654. The average molecular weight is 310 g/mol. The van der Waals surface area contributed by atoms with E-state index in [-0.39, 0.29) is 30.6 Å². The number of nitrogens with zero attached hydrogens (tertiary/aromatic N) is 1. The Morgan fingerprint density at radius 3 is 2.21 bits per heavy atom. The zero-order chi connectivity index (χ0) is 15.2. The highest BCUT2D eigenvalue weighted by molar-refractivity contribution is 7.92. The number of hydrogen-bond donors (Lipinski definition) is 1. The van der Waals surface area contributed by atoms with Crippen LogP contribution in [0.5, 0.6) is 0 Å². The number of nitrogens with two attached hydrogens (primary N) is 1. The Bertz CT molecular complexity index is 420. The summed E-state index contributed by atoms with van der Waals surface area (Å²) in [4.78, 5) is 11.4. The van der Waals surface area contributed by atoms with E-state index in [0.29, 0.717) is 0 Å². The molecule has 0 amide bonds. The summed E-state index contributed by atoms with van der Waals surface area (Å²) in [7, 11) is -3.76. The summed E-state index contributed by atoms with van der Waals surface area (Å²) in [6, 6.07) is -0.377. The SMILES string of the molecule is CCOC(=O)CN(C(C)C)S(=O)(=O)C(CC)C(N)=S. The van der Waals surface area contributed by atoms with Crippen LogP contribution >= 0.6 is 12.2 Å². The number of hydrogen-bond acceptors (Lipinski definition) is 5. The van der Waals surface area contributed by atoms with Gasteiger partial charge < -0.3 is 10.5 Å². The molecule has 112 valence electrons. The van der Waals surface area contributed by atoms with Crippen LogP contribution in [0.4, 0.5) is 0 Å². The van der Waals surface area contributed by atoms with E-state index >= 15 is 0 Å². The van der Waals surface area contributed by atoms with Crippen molar-refractivity contribution in [2.75, 3.05) is 13.2 Å². The monoisotopic (exact) mass is 310 g/mol. The number of esters is 1. The van der Waals surface area contributed by atoms with E-state index in [9.17, 15) is 13.2 Å². The van der Waals surface area contributed by atoms with Crippen LogP contribution in [0.15, 0.2) is 0 Å². The van der Waals surface area contributed by atoms with E-state index in [2.05, 4.69) is 0 Å². The molecule has 8 heteroatoms. The van der Waals surface area contributed by atoms with E-state index in [1.54, 1.807) is 27.7 Å². The Morgan fingerprint density at radius 1 is 1.37 bits per heavy atom. The minimum absolute atomic E-state index is 0.0861. The van der Waals surface area contributed by atoms with Crippen LogP contribution in [-0.4, -0.2) is 48.1 Å². The van der Waals surface area contributed by atoms with Crippen molar-refractivity contribution in [2.45, 2.75) is 45.4 Å². The molecule has 6 nitrogen and oxygen atoms in total. The van der Waals surface area contributed by atoms with E-state index < -0.39 is 21.2 Å². The smallest absolute Gasteiger partial charge is 0.321 e. The van der Waals surface area contributed by atoms with Crippen molar-refractivity contribution < 1.29 is 17.9 Å². The molecule has 0 aliphatic heterocycles. The van der Waals surface area contributed by atoms with Crippen LogP contribution in [-0.2, 0) is 19.6 Å². The van der Waals surface area contributed by atoms with Gasteiger partial charge in [0, 0.05) is 6.04 Å². The van der Waals surface area contributed by atoms with Gasteiger partial charge in [-0.25, -0.2) is 8.42 Å². The van der Waals surface area contributed by atoms with Crippen LogP contribution in [0.1, 0.15) is 34.1 Å². The number of carbonyl (C=O) groups is 1. The summed E-state index contributed by atoms with van der Waals surface area (Å²) in [6.07, 6.45) is 0.268. The first-order valence-corrected chi connectivity index (χ1v) is 8.05. The van der Waals surface area contributed by atoms with Crippen molar-refractivity contribution in [3.8, 4) is 0 Å². The van der Waals surface area contributed by atoms with Gasteiger partial charge in [-0.05, 0) is 27.2 Å². The fourth-order valence-corrected chi connectivity index (χ4v) is 4.07. The fraction of sp³-hybridized carbons (Fsp3) is 0.818. The van der Waals surface area contributed by atoms with Crippen molar-refractivity contribution >= 4 is 33.2 Å². The third kappa shape index (κ3) is 5.04. The second-order valence-corrected chi connectivity index (χ2v) is 6.83. The molecule has 0 saturated heterocycles. The van der Waals surface area contributed by atoms with Gasteiger partial charge in [-0.2, -0.15) is 4.31 Å². The van der Waals surface area contributed by atoms with E-state index in [1.807, 2.05) is 0 Å². The number of ether oxygens (including phenoxy) is 1. The molecule has 0 rings (SSSR count). The maximum absolute atomic E-state index is 12.4. The number of rotatable bonds is 8. The summed E-state index contributed by atoms with van der Waals surface area (Å²) < 4.78 is 30.7. The zero-order valence-electron chi connectivity index (χ0n) is 11.8. The Balaban J connectivity index is 5.27. The van der Waals surface area contributed by atoms with E-state index in [0.717, 1.165) is 4.31 Å². The summed E-state index contributed by atoms with van der Waals surface area (Å²) >= 11 is 4.79. The first-order chi connectivity index (χ1) is 8.68. The molecule has 0 aromatic carbocycles. The standard InChI is InChI=1S/C11H22N2O4S2/c1-5-9(11(12)18)19(15,16)13(8(3)4)7-10(14)17-6-2/h8-9H,5-7H2,1-4H3,(H2,12,18). The molecule has 0 spiro atoms. The maximum atomic E-state index is 12.4. The second-order valence-electron chi connectivity index (χ2n) is 4.29. The summed E-state index contributed by atoms with van der Waals surface area (Å²) in [5.74, 6) is -0.586. The lowest BCUT2D eigenvalue weighted by Crippen LogP contribution is -2.49. The van der Waals surface area contributed by atoms with Gasteiger partial charge in [0.05, 0.1) is 11.6 Å². The summed E-state index contributed by atoms with van der Waals surface area (Å²) in [5, 5.41) is -0.959. The Labute approximate surface area is 120 Å². The van der Waals surface area contributed by atoms with Gasteiger partial charge in [0.15, 0.2) is 0 Å². The van der Waals surface area contributed by atoms with Crippen molar-refractivity contribution in [2.24, 2.45) is 5.73 Å². The number of carbonyl (C=O) groups excluding carboxylic acids is 1. The topological polar surface area (TPSA) is 89.7 Å². The molecule has 0 saturated carbocycles. The highest BCUT2D eigenvalue weighted by atomic mass is 32.2. The Kier molecular flexibility index (Phi) is 7.46. The van der Waals surface area contributed by atoms with Crippen molar-refractivity contribution in [3.63, 3.8) is 0 Å². The fourth-order valence-electron chi connectivity index (χ4n) is 1.62. The molecular formula is C11H22N2O4S2. The van der Waals surface area contributed by atoms with Crippen molar-refractivity contribution in [1.82, 2.24) is 4.31 Å². The molecule has 1 unspecified atom stereocenters. The van der Waals surface area contributed by atoms with Crippen LogP contribution in [0.3, 0.4) is 0 Å². The van der Waals surface area contributed by atoms with Crippen LogP contribution in [0.2, 0.25) is 0 Å². The van der Waals surface area contributed by atoms with Crippen LogP contribution < -0.4 is 5.73 Å². The van der Waals surface area contributed by atoms with Gasteiger partial charge in [0.25, 0.3) is 0 Å². The first kappa shape index (κ1) is 18.3. The molecule has 19 heavy (non-hydrogen) atoms. The molecule has 0 bridgehead atoms. The summed E-state index contributed by atoms with van der Waals surface area (Å²) in [6.45, 7) is 6.59. The van der Waals surface area contributed by atoms with Gasteiger partial charge in [-0.15, -0.1) is 0 Å². The molecule has 0 radical (unpaired) electrons. The van der Waals surface area contributed by atoms with Crippen molar-refractivity contribution in [1.29, 1.82) is 0 Å². The predicted molar refractivity (Wildman–Crippen MR) is 78.3 cm³/mol. The Morgan fingerprint density at radius 2 is 1.89 bits per heavy atom. The number of sulfonamides is 1. The van der Waals surface area contributed by atoms with Gasteiger partial charge in [0.2, 0.25) is 10.0 Å². The molecular weight excluding hydrogens is 288 g/mol. The molecule has 1 atom stereocenters. The third-order valence-corrected chi connectivity index (χ3v) is 5.49. The third-order valence-electron chi connectivity index (χ3n) is 2.54. The molecule has 0 aliphatic rings. The molecule has 0 aromatic heterocycles. The van der Waals surface area contributed by atoms with Gasteiger partial charge in [-0.3, -0.25) is 4.79 Å². The molecule has 0 aromatic rings. The van der Waals surface area contributed by atoms with Gasteiger partial charge in [-0.1, -0.05) is 19.1 Å². The molecule has 2 N–H and O–H groups in total. The van der Waals surface area contributed by atoms with Crippen molar-refractivity contribution in [3.05, 3.63) is 0 Å². The van der Waals surface area contributed by atoms with E-state index in [1.165, 1.54) is 0 Å². The second kappa shape index (κ2) is 7.76. The maximum Gasteiger partial charge on any atom is 0.321 e. The first-order valence-electron chi connectivity index (χ1n) is 6.14. The molecule has 0 fully saturated rings. The van der Waals surface area contributed by atoms with Gasteiger partial charge >= 0.3 is 5.97 Å². The van der Waals surface area contributed by atoms with Gasteiger partial charge in [0.1, 0.15) is 11.8 Å². The highest BCUT2D eigenvalue weighted by Gasteiger charge is 2.35. The minimum atomic E-state index is -3.76. The lowest BCUT2D eigenvalue weighted by atomic mass is 10.3. The normalized spacial score (nSPS) is 13.6. The summed E-state index contributed by atoms with van der Waals surface area (Å²) in [5.41, 5.74) is 5.47. The van der Waals surface area contributed by atoms with Crippen LogP contribution in [0, 0.1) is 0 Å². The lowest BCUT2D eigenvalue weighted by molar-refractivity contribution is -0.143. The highest BCUT2D eigenvalue weighted by Crippen LogP contribution is 2.16. The number of thiocarbonyl (C=S) groups is 1. The van der Waals surface area contributed by atoms with E-state index in [4.69, 9.17) is 22.7 Å². The largest absolute Gasteiger partial charge is 0.465 e. The van der Waals surface area contributed by atoms with Crippen LogP contribution in [0.25, 0.3) is 0 Å². The Hall–Kier alpha value is -0.730. The average Bonchev–Trinajstić information content (AvgIpc) is 2.25. The molecule has 0 aliphatic carbocycles. The minimum Gasteiger partial charge on any atom is -0.465 e. The zero-order valence-corrected chi connectivity index (χ0v) is 13.4.